The average molecular weight is 643 g/mol. The predicted molar refractivity (Wildman–Crippen MR) is 173 cm³/mol. The lowest BCUT2D eigenvalue weighted by atomic mass is 10.00. The number of aromatic nitrogens is 4. The van der Waals surface area contributed by atoms with Gasteiger partial charge in [-0.25, -0.2) is 8.78 Å². The minimum atomic E-state index is -0.762. The Morgan fingerprint density at radius 2 is 2.02 bits per heavy atom. The van der Waals surface area contributed by atoms with Crippen LogP contribution < -0.4 is 9.64 Å². The quantitative estimate of drug-likeness (QED) is 0.245. The van der Waals surface area contributed by atoms with Crippen LogP contribution in [0.15, 0.2) is 48.9 Å². The largest absolute Gasteiger partial charge is 0.462 e. The molecule has 0 radical (unpaired) electrons. The number of benzene rings is 1. The highest BCUT2D eigenvalue weighted by Crippen LogP contribution is 2.36. The molecule has 3 aromatic heterocycles. The molecule has 4 aromatic rings. The lowest BCUT2D eigenvalue weighted by Gasteiger charge is -2.41. The average Bonchev–Trinajstić information content (AvgIpc) is 3.45. The maximum Gasteiger partial charge on any atom is 0.319 e. The van der Waals surface area contributed by atoms with Crippen LogP contribution in [0.1, 0.15) is 18.4 Å². The van der Waals surface area contributed by atoms with Gasteiger partial charge in [-0.2, -0.15) is 15.2 Å². The molecule has 11 nitrogen and oxygen atoms in total. The van der Waals surface area contributed by atoms with Gasteiger partial charge in [-0.15, -0.1) is 0 Å². The molecule has 2 fully saturated rings. The van der Waals surface area contributed by atoms with Gasteiger partial charge in [0.2, 0.25) is 5.91 Å². The van der Waals surface area contributed by atoms with Gasteiger partial charge in [0, 0.05) is 74.9 Å². The highest BCUT2D eigenvalue weighted by Gasteiger charge is 2.33. The minimum Gasteiger partial charge on any atom is -0.462 e. The van der Waals surface area contributed by atoms with E-state index in [0.29, 0.717) is 23.3 Å². The molecule has 0 N–H and O–H groups in total. The van der Waals surface area contributed by atoms with Gasteiger partial charge in [-0.1, -0.05) is 18.2 Å². The summed E-state index contributed by atoms with van der Waals surface area (Å²) in [5, 5.41) is 11.6. The van der Waals surface area contributed by atoms with Gasteiger partial charge in [-0.3, -0.25) is 19.7 Å². The zero-order valence-electron chi connectivity index (χ0n) is 26.6. The summed E-state index contributed by atoms with van der Waals surface area (Å²) in [4.78, 5) is 36.6. The molecule has 0 spiro atoms. The first-order valence-electron chi connectivity index (χ1n) is 15.5. The Morgan fingerprint density at radius 1 is 1.17 bits per heavy atom. The summed E-state index contributed by atoms with van der Waals surface area (Å²) in [5.74, 6) is -0.616. The summed E-state index contributed by atoms with van der Waals surface area (Å²) in [6.45, 7) is 3.06. The normalized spacial score (nSPS) is 20.4. The van der Waals surface area contributed by atoms with E-state index < -0.39 is 18.5 Å². The molecule has 6 rings (SSSR count). The third-order valence-corrected chi connectivity index (χ3v) is 9.02. The number of halogens is 2. The second kappa shape index (κ2) is 13.9. The number of rotatable bonds is 9. The monoisotopic (exact) mass is 642 g/mol. The Bertz CT molecular complexity index is 1860. The van der Waals surface area contributed by atoms with Crippen molar-refractivity contribution in [1.29, 1.82) is 5.26 Å². The minimum absolute atomic E-state index is 0.00580. The molecule has 244 valence electrons. The number of carbonyl (C=O) groups excluding carboxylic acids is 1. The topological polar surface area (TPSA) is 121 Å². The van der Waals surface area contributed by atoms with Crippen LogP contribution in [0.5, 0.6) is 6.01 Å². The fourth-order valence-electron chi connectivity index (χ4n) is 6.54. The standard InChI is InChI=1S/C34H36F2N8O3/c1-21-6-4-7-22-15-38-16-26(29(21)22)31-30(36)32-27(17-39-31)33(41-34(40-32)47-20-24-14-25(46-3)19-42(24)2)43-12-13-44(23(18-43)9-11-37)28(45)8-5-10-35/h4-8,15-17,23-25H,9-10,12-14,18-20H2,1-3H3/b8-5+/t23-,24-,25+/m0/s1. The molecule has 1 amide bonds. The predicted octanol–water partition coefficient (Wildman–Crippen LogP) is 4.24. The molecular weight excluding hydrogens is 606 g/mol. The number of hydrogen-bond donors (Lipinski definition) is 0. The summed E-state index contributed by atoms with van der Waals surface area (Å²) in [6, 6.07) is 7.52. The van der Waals surface area contributed by atoms with E-state index in [1.165, 1.54) is 6.08 Å². The lowest BCUT2D eigenvalue weighted by Crippen LogP contribution is -2.55. The number of methoxy groups -OCH3 is 1. The number of likely N-dealkylation sites (N-methyl/N-ethyl adjacent to an activating group) is 1. The van der Waals surface area contributed by atoms with Gasteiger partial charge in [0.1, 0.15) is 30.3 Å². The summed E-state index contributed by atoms with van der Waals surface area (Å²) in [5.41, 5.74) is 1.65. The number of alkyl halides is 1. The number of likely N-dealkylation sites (tertiary alicyclic amines) is 1. The fourth-order valence-corrected chi connectivity index (χ4v) is 6.54. The number of allylic oxidation sites excluding steroid dienone is 1. The number of hydrogen-bond acceptors (Lipinski definition) is 10. The van der Waals surface area contributed by atoms with Gasteiger partial charge in [-0.05, 0) is 37.4 Å². The highest BCUT2D eigenvalue weighted by atomic mass is 19.1. The van der Waals surface area contributed by atoms with Crippen LogP contribution in [0.4, 0.5) is 14.6 Å². The van der Waals surface area contributed by atoms with Crippen molar-refractivity contribution in [1.82, 2.24) is 29.7 Å². The molecular formula is C34H36F2N8O3. The maximum atomic E-state index is 16.7. The van der Waals surface area contributed by atoms with Crippen molar-refractivity contribution < 1.29 is 23.0 Å². The Kier molecular flexibility index (Phi) is 9.51. The second-order valence-corrected chi connectivity index (χ2v) is 11.9. The van der Waals surface area contributed by atoms with Crippen LogP contribution in [0.2, 0.25) is 0 Å². The second-order valence-electron chi connectivity index (χ2n) is 11.9. The van der Waals surface area contributed by atoms with Crippen molar-refractivity contribution in [3.05, 3.63) is 60.3 Å². The van der Waals surface area contributed by atoms with Crippen LogP contribution in [0, 0.1) is 24.1 Å². The summed E-state index contributed by atoms with van der Waals surface area (Å²) < 4.78 is 41.1. The van der Waals surface area contributed by atoms with Crippen molar-refractivity contribution in [3.63, 3.8) is 0 Å². The number of carbonyl (C=O) groups is 1. The molecule has 5 heterocycles. The molecule has 2 aliphatic heterocycles. The van der Waals surface area contributed by atoms with Crippen LogP contribution in [0.3, 0.4) is 0 Å². The first-order chi connectivity index (χ1) is 22.8. The molecule has 2 saturated heterocycles. The number of aryl methyl sites for hydroxylation is 1. The number of anilines is 1. The molecule has 1 aromatic carbocycles. The first-order valence-corrected chi connectivity index (χ1v) is 15.5. The molecule has 0 unspecified atom stereocenters. The van der Waals surface area contributed by atoms with E-state index in [9.17, 15) is 14.4 Å². The Morgan fingerprint density at radius 3 is 2.79 bits per heavy atom. The highest BCUT2D eigenvalue weighted by molar-refractivity contribution is 6.00. The van der Waals surface area contributed by atoms with Crippen molar-refractivity contribution >= 4 is 33.4 Å². The number of pyridine rings is 2. The lowest BCUT2D eigenvalue weighted by molar-refractivity contribution is -0.128. The van der Waals surface area contributed by atoms with Gasteiger partial charge < -0.3 is 19.3 Å². The summed E-state index contributed by atoms with van der Waals surface area (Å²) in [6.07, 6.45) is 8.14. The molecule has 13 heteroatoms. The number of piperazine rings is 1. The smallest absolute Gasteiger partial charge is 0.319 e. The van der Waals surface area contributed by atoms with E-state index in [0.717, 1.165) is 35.4 Å². The van der Waals surface area contributed by atoms with Crippen molar-refractivity contribution in [2.75, 3.05) is 58.5 Å². The number of ether oxygens (including phenoxy) is 2. The third kappa shape index (κ3) is 6.43. The fraction of sp³-hybridized carbons (Fsp3) is 0.412. The van der Waals surface area contributed by atoms with E-state index in [1.807, 2.05) is 37.1 Å². The molecule has 2 aliphatic rings. The van der Waals surface area contributed by atoms with E-state index in [2.05, 4.69) is 25.9 Å². The molecule has 0 bridgehead atoms. The van der Waals surface area contributed by atoms with E-state index >= 15 is 4.39 Å². The number of amides is 1. The van der Waals surface area contributed by atoms with E-state index in [-0.39, 0.29) is 61.4 Å². The SMILES string of the molecule is CO[C@@H]1C[C@@H](COc2nc(N3CCN(C(=O)/C=C/CF)[C@@H](CC#N)C3)c3cnc(-c4cncc5cccc(C)c45)c(F)c3n2)N(C)C1. The van der Waals surface area contributed by atoms with Gasteiger partial charge >= 0.3 is 6.01 Å². The number of nitriles is 1. The van der Waals surface area contributed by atoms with E-state index in [1.54, 1.807) is 30.6 Å². The van der Waals surface area contributed by atoms with Gasteiger partial charge in [0.25, 0.3) is 0 Å². The Hall–Kier alpha value is -4.80. The van der Waals surface area contributed by atoms with Crippen LogP contribution >= 0.6 is 0 Å². The number of nitrogens with zero attached hydrogens (tertiary/aromatic N) is 8. The number of fused-ring (bicyclic) bond motifs is 2. The zero-order valence-corrected chi connectivity index (χ0v) is 26.6. The molecule has 0 saturated carbocycles. The Labute approximate surface area is 271 Å². The van der Waals surface area contributed by atoms with Gasteiger partial charge in [0.15, 0.2) is 5.82 Å². The molecule has 0 aliphatic carbocycles. The first kappa shape index (κ1) is 32.2. The van der Waals surface area contributed by atoms with E-state index in [4.69, 9.17) is 14.5 Å². The van der Waals surface area contributed by atoms with Crippen molar-refractivity contribution in [3.8, 4) is 23.3 Å². The zero-order chi connectivity index (χ0) is 33.1. The Balaban J connectivity index is 1.42. The molecule has 47 heavy (non-hydrogen) atoms. The van der Waals surface area contributed by atoms with Crippen molar-refractivity contribution in [2.24, 2.45) is 0 Å². The summed E-state index contributed by atoms with van der Waals surface area (Å²) in [7, 11) is 3.68. The third-order valence-electron chi connectivity index (χ3n) is 9.02. The van der Waals surface area contributed by atoms with Gasteiger partial charge in [0.05, 0.1) is 30.0 Å². The van der Waals surface area contributed by atoms with Crippen LogP contribution in [-0.2, 0) is 9.53 Å². The molecule has 3 atom stereocenters. The van der Waals surface area contributed by atoms with Crippen LogP contribution in [0.25, 0.3) is 32.9 Å². The van der Waals surface area contributed by atoms with Crippen molar-refractivity contribution in [2.45, 2.75) is 38.0 Å². The van der Waals surface area contributed by atoms with Crippen LogP contribution in [-0.4, -0.2) is 107 Å². The maximum absolute atomic E-state index is 16.7. The summed E-state index contributed by atoms with van der Waals surface area (Å²) >= 11 is 0.